The second-order valence-electron chi connectivity index (χ2n) is 5.50. The zero-order chi connectivity index (χ0) is 15.6. The van der Waals surface area contributed by atoms with Crippen LogP contribution in [-0.4, -0.2) is 45.2 Å². The number of nitrogens with zero attached hydrogens (tertiary/aromatic N) is 3. The van der Waals surface area contributed by atoms with E-state index in [-0.39, 0.29) is 0 Å². The summed E-state index contributed by atoms with van der Waals surface area (Å²) in [5.41, 5.74) is 2.54. The third-order valence-corrected chi connectivity index (χ3v) is 4.87. The van der Waals surface area contributed by atoms with Crippen LogP contribution in [0.15, 0.2) is 23.4 Å². The summed E-state index contributed by atoms with van der Waals surface area (Å²) in [5.74, 6) is 1.71. The lowest BCUT2D eigenvalue weighted by Gasteiger charge is -2.06. The number of ether oxygens (including phenoxy) is 2. The van der Waals surface area contributed by atoms with E-state index in [0.717, 1.165) is 53.0 Å². The zero-order valence-corrected chi connectivity index (χ0v) is 13.7. The van der Waals surface area contributed by atoms with Gasteiger partial charge in [0.2, 0.25) is 5.16 Å². The Morgan fingerprint density at radius 1 is 1.39 bits per heavy atom. The lowest BCUT2D eigenvalue weighted by atomic mass is 10.2. The van der Waals surface area contributed by atoms with E-state index in [1.165, 1.54) is 0 Å². The van der Waals surface area contributed by atoms with Crippen LogP contribution in [0.5, 0.6) is 5.75 Å². The molecule has 4 rings (SSSR count). The van der Waals surface area contributed by atoms with E-state index in [9.17, 15) is 0 Å². The molecular formula is C16H18N4O2S. The summed E-state index contributed by atoms with van der Waals surface area (Å²) in [5, 5.41) is 10.3. The maximum absolute atomic E-state index is 5.63. The van der Waals surface area contributed by atoms with Gasteiger partial charge in [0.05, 0.1) is 12.7 Å². The van der Waals surface area contributed by atoms with Crippen LogP contribution in [0, 0.1) is 0 Å². The van der Waals surface area contributed by atoms with Gasteiger partial charge in [-0.1, -0.05) is 11.8 Å². The van der Waals surface area contributed by atoms with Gasteiger partial charge >= 0.3 is 0 Å². The summed E-state index contributed by atoms with van der Waals surface area (Å²) < 4.78 is 11.2. The standard InChI is InChI=1S/C16H18N4O2S/c1-2-21-10-5-6-13-12(8-10)14-15(17-13)18-16(20-19-14)23-9-11-4-3-7-22-11/h5-6,8,11H,2-4,7,9H2,1H3,(H,17,18,20)/t11-/m1/s1. The Balaban J connectivity index is 1.61. The minimum Gasteiger partial charge on any atom is -0.494 e. The van der Waals surface area contributed by atoms with Crippen molar-refractivity contribution < 1.29 is 9.47 Å². The minimum atomic E-state index is 0.316. The first-order chi connectivity index (χ1) is 11.3. The van der Waals surface area contributed by atoms with Crippen LogP contribution in [0.4, 0.5) is 0 Å². The summed E-state index contributed by atoms with van der Waals surface area (Å²) in [4.78, 5) is 7.89. The Hall–Kier alpha value is -1.86. The van der Waals surface area contributed by atoms with Crippen LogP contribution < -0.4 is 4.74 Å². The van der Waals surface area contributed by atoms with E-state index in [1.54, 1.807) is 11.8 Å². The number of H-pyrrole nitrogens is 1. The highest BCUT2D eigenvalue weighted by Crippen LogP contribution is 2.28. The Morgan fingerprint density at radius 3 is 3.17 bits per heavy atom. The van der Waals surface area contributed by atoms with Crippen molar-refractivity contribution in [3.63, 3.8) is 0 Å². The third-order valence-electron chi connectivity index (χ3n) is 3.90. The molecular weight excluding hydrogens is 312 g/mol. The average Bonchev–Trinajstić information content (AvgIpc) is 3.20. The highest BCUT2D eigenvalue weighted by molar-refractivity contribution is 7.99. The van der Waals surface area contributed by atoms with Crippen LogP contribution in [0.1, 0.15) is 19.8 Å². The molecule has 0 unspecified atom stereocenters. The number of aromatic amines is 1. The fourth-order valence-electron chi connectivity index (χ4n) is 2.80. The molecule has 1 aromatic carbocycles. The number of benzene rings is 1. The fraction of sp³-hybridized carbons (Fsp3) is 0.438. The van der Waals surface area contributed by atoms with Gasteiger partial charge in [0, 0.05) is 23.3 Å². The number of rotatable bonds is 5. The Bertz CT molecular complexity index is 829. The van der Waals surface area contributed by atoms with Crippen molar-refractivity contribution in [2.45, 2.75) is 31.0 Å². The molecule has 1 saturated heterocycles. The summed E-state index contributed by atoms with van der Waals surface area (Å²) in [6, 6.07) is 5.91. The average molecular weight is 330 g/mol. The third kappa shape index (κ3) is 2.98. The van der Waals surface area contributed by atoms with E-state index < -0.39 is 0 Å². The number of thioether (sulfide) groups is 1. The van der Waals surface area contributed by atoms with Crippen LogP contribution in [0.25, 0.3) is 22.1 Å². The molecule has 3 aromatic rings. The second kappa shape index (κ2) is 6.33. The van der Waals surface area contributed by atoms with Crippen molar-refractivity contribution in [2.75, 3.05) is 19.0 Å². The van der Waals surface area contributed by atoms with Crippen molar-refractivity contribution in [2.24, 2.45) is 0 Å². The molecule has 0 spiro atoms. The molecule has 3 heterocycles. The first kappa shape index (κ1) is 14.7. The fourth-order valence-corrected chi connectivity index (χ4v) is 3.65. The first-order valence-corrected chi connectivity index (χ1v) is 8.85. The molecule has 7 heteroatoms. The number of hydrogen-bond donors (Lipinski definition) is 1. The van der Waals surface area contributed by atoms with Crippen molar-refractivity contribution >= 4 is 33.8 Å². The second-order valence-corrected chi connectivity index (χ2v) is 6.49. The molecule has 6 nitrogen and oxygen atoms in total. The van der Waals surface area contributed by atoms with Gasteiger partial charge in [-0.15, -0.1) is 10.2 Å². The van der Waals surface area contributed by atoms with E-state index >= 15 is 0 Å². The highest BCUT2D eigenvalue weighted by atomic mass is 32.2. The maximum Gasteiger partial charge on any atom is 0.211 e. The molecule has 0 amide bonds. The quantitative estimate of drug-likeness (QED) is 0.724. The number of fused-ring (bicyclic) bond motifs is 3. The molecule has 0 radical (unpaired) electrons. The molecule has 23 heavy (non-hydrogen) atoms. The number of nitrogens with one attached hydrogen (secondary N) is 1. The smallest absolute Gasteiger partial charge is 0.211 e. The predicted octanol–water partition coefficient (Wildman–Crippen LogP) is 3.18. The molecule has 1 atom stereocenters. The van der Waals surface area contributed by atoms with Crippen LogP contribution >= 0.6 is 11.8 Å². The number of aromatic nitrogens is 4. The normalized spacial score (nSPS) is 18.0. The Labute approximate surface area is 138 Å². The lowest BCUT2D eigenvalue weighted by molar-refractivity contribution is 0.129. The minimum absolute atomic E-state index is 0.316. The number of hydrogen-bond acceptors (Lipinski definition) is 6. The molecule has 120 valence electrons. The zero-order valence-electron chi connectivity index (χ0n) is 12.9. The molecule has 0 bridgehead atoms. The van der Waals surface area contributed by atoms with Gasteiger partial charge in [-0.05, 0) is 38.0 Å². The van der Waals surface area contributed by atoms with E-state index in [1.807, 2.05) is 25.1 Å². The van der Waals surface area contributed by atoms with Crippen molar-refractivity contribution in [1.29, 1.82) is 0 Å². The van der Waals surface area contributed by atoms with Gasteiger partial charge in [-0.25, -0.2) is 4.98 Å². The maximum atomic E-state index is 5.63. The molecule has 1 aliphatic rings. The topological polar surface area (TPSA) is 72.9 Å². The van der Waals surface area contributed by atoms with Gasteiger partial charge in [0.25, 0.3) is 0 Å². The van der Waals surface area contributed by atoms with E-state index in [2.05, 4.69) is 20.2 Å². The monoisotopic (exact) mass is 330 g/mol. The SMILES string of the molecule is CCOc1ccc2[nH]c3nc(SC[C@H]4CCCO4)nnc3c2c1. The Morgan fingerprint density at radius 2 is 2.35 bits per heavy atom. The van der Waals surface area contributed by atoms with Crippen LogP contribution in [0.2, 0.25) is 0 Å². The summed E-state index contributed by atoms with van der Waals surface area (Å²) >= 11 is 1.60. The molecule has 0 aliphatic carbocycles. The summed E-state index contributed by atoms with van der Waals surface area (Å²) in [6.07, 6.45) is 2.58. The van der Waals surface area contributed by atoms with Gasteiger partial charge in [-0.3, -0.25) is 0 Å². The van der Waals surface area contributed by atoms with Gasteiger partial charge < -0.3 is 14.5 Å². The van der Waals surface area contributed by atoms with Crippen LogP contribution in [0.3, 0.4) is 0 Å². The summed E-state index contributed by atoms with van der Waals surface area (Å²) in [7, 11) is 0. The summed E-state index contributed by atoms with van der Waals surface area (Å²) in [6.45, 7) is 3.48. The van der Waals surface area contributed by atoms with Gasteiger partial charge in [-0.2, -0.15) is 0 Å². The van der Waals surface area contributed by atoms with Crippen molar-refractivity contribution in [3.05, 3.63) is 18.2 Å². The largest absolute Gasteiger partial charge is 0.494 e. The molecule has 2 aromatic heterocycles. The molecule has 1 fully saturated rings. The van der Waals surface area contributed by atoms with Gasteiger partial charge in [0.15, 0.2) is 5.65 Å². The highest BCUT2D eigenvalue weighted by Gasteiger charge is 2.17. The molecule has 1 aliphatic heterocycles. The van der Waals surface area contributed by atoms with E-state index in [4.69, 9.17) is 9.47 Å². The van der Waals surface area contributed by atoms with Crippen molar-refractivity contribution in [3.8, 4) is 5.75 Å². The van der Waals surface area contributed by atoms with E-state index in [0.29, 0.717) is 17.9 Å². The first-order valence-electron chi connectivity index (χ1n) is 7.87. The van der Waals surface area contributed by atoms with Crippen molar-refractivity contribution in [1.82, 2.24) is 20.2 Å². The van der Waals surface area contributed by atoms with Gasteiger partial charge in [0.1, 0.15) is 11.3 Å². The molecule has 1 N–H and O–H groups in total. The Kier molecular flexibility index (Phi) is 4.05. The lowest BCUT2D eigenvalue weighted by Crippen LogP contribution is -2.08. The molecule has 0 saturated carbocycles. The predicted molar refractivity (Wildman–Crippen MR) is 90.1 cm³/mol. The van der Waals surface area contributed by atoms with Crippen LogP contribution in [-0.2, 0) is 4.74 Å².